The van der Waals surface area contributed by atoms with Crippen LogP contribution in [0.2, 0.25) is 10.0 Å². The molecule has 0 aliphatic rings. The summed E-state index contributed by atoms with van der Waals surface area (Å²) < 4.78 is 11.7. The molecule has 5 aromatic carbocycles. The number of hydrogen-bond acceptors (Lipinski definition) is 12. The maximum absolute atomic E-state index is 13.6. The lowest BCUT2D eigenvalue weighted by atomic mass is 10.1. The van der Waals surface area contributed by atoms with Gasteiger partial charge in [-0.05, 0) is 112 Å². The van der Waals surface area contributed by atoms with Crippen molar-refractivity contribution in [2.45, 2.75) is 51.5 Å². The van der Waals surface area contributed by atoms with E-state index in [1.54, 1.807) is 62.4 Å². The van der Waals surface area contributed by atoms with Gasteiger partial charge in [-0.1, -0.05) is 47.5 Å². The number of carbonyl (C=O) groups excluding carboxylic acids is 6. The molecule has 4 amide bonds. The highest BCUT2D eigenvalue weighted by atomic mass is 35.5. The molecule has 2 unspecified atom stereocenters. The number of azo groups is 2. The molecule has 0 aliphatic carbocycles. The van der Waals surface area contributed by atoms with Gasteiger partial charge in [0.15, 0.2) is 23.1 Å². The van der Waals surface area contributed by atoms with Crippen molar-refractivity contribution in [1.82, 2.24) is 0 Å². The van der Waals surface area contributed by atoms with E-state index in [9.17, 15) is 28.8 Å². The topological polar surface area (TPSA) is 218 Å². The van der Waals surface area contributed by atoms with Crippen molar-refractivity contribution >= 4 is 116 Å². The molecular formula is C46H42Cl4N8O8. The zero-order valence-electron chi connectivity index (χ0n) is 35.8. The van der Waals surface area contributed by atoms with E-state index < -0.39 is 47.3 Å². The smallest absolute Gasteiger partial charge is 0.258 e. The summed E-state index contributed by atoms with van der Waals surface area (Å²) in [5, 5.41) is 27.2. The molecule has 0 bridgehead atoms. The molecule has 0 heterocycles. The first kappa shape index (κ1) is 50.3. The third-order valence-electron chi connectivity index (χ3n) is 9.07. The van der Waals surface area contributed by atoms with Gasteiger partial charge in [0.25, 0.3) is 23.6 Å². The van der Waals surface area contributed by atoms with Gasteiger partial charge in [0.1, 0.15) is 0 Å². The maximum atomic E-state index is 13.6. The molecule has 16 nitrogen and oxygen atoms in total. The van der Waals surface area contributed by atoms with Gasteiger partial charge in [0, 0.05) is 44.3 Å². The van der Waals surface area contributed by atoms with E-state index >= 15 is 0 Å². The molecule has 0 saturated carbocycles. The van der Waals surface area contributed by atoms with Gasteiger partial charge >= 0.3 is 0 Å². The summed E-state index contributed by atoms with van der Waals surface area (Å²) in [6.07, 6.45) is 0. The van der Waals surface area contributed by atoms with Crippen LogP contribution in [0.1, 0.15) is 59.5 Å². The van der Waals surface area contributed by atoms with Gasteiger partial charge < -0.3 is 30.7 Å². The van der Waals surface area contributed by atoms with Crippen LogP contribution in [-0.4, -0.2) is 60.5 Å². The standard InChI is InChI=1S/C46H42Cl4N8O8/c1-5-65-41-37(53-45(63)39(25(3)59)57-55-35-19-29(17-31(49)21-35)43(61)51-33-11-7-27(23-47)8-12-33)15-16-38(42(41)66-6-2)54-46(64)40(26(4)60)58-56-36-20-30(18-32(50)22-36)44(62)52-34-13-9-28(24-48)10-14-34/h7-22,39-40H,5-6,23-24H2,1-4H3,(H,51,61)(H,52,62)(H,53,63)(H,54,64). The highest BCUT2D eigenvalue weighted by molar-refractivity contribution is 6.31. The fourth-order valence-corrected chi connectivity index (χ4v) is 6.72. The van der Waals surface area contributed by atoms with Gasteiger partial charge in [0.05, 0.1) is 36.0 Å². The van der Waals surface area contributed by atoms with Crippen LogP contribution in [0, 0.1) is 0 Å². The third kappa shape index (κ3) is 13.9. The average molecular weight is 977 g/mol. The summed E-state index contributed by atoms with van der Waals surface area (Å²) >= 11 is 24.3. The highest BCUT2D eigenvalue weighted by Crippen LogP contribution is 2.42. The molecule has 2 atom stereocenters. The lowest BCUT2D eigenvalue weighted by molar-refractivity contribution is -0.127. The van der Waals surface area contributed by atoms with Gasteiger partial charge in [0.2, 0.25) is 12.1 Å². The number of ketones is 2. The largest absolute Gasteiger partial charge is 0.488 e. The van der Waals surface area contributed by atoms with Crippen molar-refractivity contribution in [3.05, 3.63) is 129 Å². The Kier molecular flexibility index (Phi) is 18.3. The minimum Gasteiger partial charge on any atom is -0.488 e. The first-order valence-electron chi connectivity index (χ1n) is 20.0. The lowest BCUT2D eigenvalue weighted by Gasteiger charge is -2.20. The van der Waals surface area contributed by atoms with Crippen LogP contribution < -0.4 is 30.7 Å². The van der Waals surface area contributed by atoms with Crippen LogP contribution in [0.3, 0.4) is 0 Å². The van der Waals surface area contributed by atoms with E-state index in [1.807, 2.05) is 0 Å². The van der Waals surface area contributed by atoms with Crippen molar-refractivity contribution in [2.75, 3.05) is 34.5 Å². The van der Waals surface area contributed by atoms with Crippen molar-refractivity contribution in [3.8, 4) is 11.5 Å². The number of nitrogens with one attached hydrogen (secondary N) is 4. The molecule has 342 valence electrons. The number of alkyl halides is 2. The van der Waals surface area contributed by atoms with Crippen molar-refractivity contribution in [2.24, 2.45) is 20.5 Å². The van der Waals surface area contributed by atoms with Crippen LogP contribution in [0.25, 0.3) is 0 Å². The predicted octanol–water partition coefficient (Wildman–Crippen LogP) is 11.1. The molecule has 4 N–H and O–H groups in total. The second-order valence-electron chi connectivity index (χ2n) is 14.1. The van der Waals surface area contributed by atoms with Crippen LogP contribution in [-0.2, 0) is 30.9 Å². The SMILES string of the molecule is CCOc1c(NC(=O)C(N=Nc2cc(Cl)cc(C(=O)Nc3ccc(CCl)cc3)c2)C(C)=O)ccc(NC(=O)C(N=Nc2cc(Cl)cc(C(=O)Nc3ccc(CCl)cc3)c2)C(C)=O)c1OCC. The number of halogens is 4. The number of carbonyl (C=O) groups is 6. The Morgan fingerprint density at radius 1 is 0.530 bits per heavy atom. The third-order valence-corrected chi connectivity index (χ3v) is 10.1. The molecule has 5 aromatic rings. The number of anilines is 4. The Hall–Kier alpha value is -6.72. The molecule has 0 spiro atoms. The molecule has 0 aromatic heterocycles. The van der Waals surface area contributed by atoms with E-state index in [0.717, 1.165) is 25.0 Å². The molecular weight excluding hydrogens is 934 g/mol. The average Bonchev–Trinajstić information content (AvgIpc) is 3.28. The van der Waals surface area contributed by atoms with Crippen molar-refractivity contribution in [3.63, 3.8) is 0 Å². The van der Waals surface area contributed by atoms with Crippen LogP contribution >= 0.6 is 46.4 Å². The fraction of sp³-hybridized carbons (Fsp3) is 0.217. The zero-order chi connectivity index (χ0) is 47.9. The first-order chi connectivity index (χ1) is 31.6. The Bertz CT molecular complexity index is 2500. The zero-order valence-corrected chi connectivity index (χ0v) is 38.8. The minimum atomic E-state index is -1.66. The molecule has 0 aliphatic heterocycles. The Morgan fingerprint density at radius 2 is 0.894 bits per heavy atom. The van der Waals surface area contributed by atoms with Gasteiger partial charge in [-0.2, -0.15) is 20.5 Å². The minimum absolute atomic E-state index is 0.0201. The van der Waals surface area contributed by atoms with Crippen LogP contribution in [0.4, 0.5) is 34.1 Å². The summed E-state index contributed by atoms with van der Waals surface area (Å²) in [6.45, 7) is 5.79. The number of Topliss-reactive ketones (excluding diaryl/α,β-unsaturated/α-hetero) is 2. The number of amides is 4. The fourth-order valence-electron chi connectivity index (χ4n) is 5.91. The van der Waals surface area contributed by atoms with Crippen molar-refractivity contribution < 1.29 is 38.2 Å². The number of benzene rings is 5. The quantitative estimate of drug-likeness (QED) is 0.0333. The molecule has 66 heavy (non-hydrogen) atoms. The summed E-state index contributed by atoms with van der Waals surface area (Å²) in [5.74, 6) is -3.53. The van der Waals surface area contributed by atoms with E-state index in [4.69, 9.17) is 55.9 Å². The Morgan fingerprint density at radius 3 is 1.21 bits per heavy atom. The number of rotatable bonds is 20. The normalized spacial score (nSPS) is 12.0. The summed E-state index contributed by atoms with van der Waals surface area (Å²) in [6, 6.07) is 21.7. The van der Waals surface area contributed by atoms with Crippen molar-refractivity contribution in [1.29, 1.82) is 0 Å². The van der Waals surface area contributed by atoms with Gasteiger partial charge in [-0.15, -0.1) is 23.2 Å². The van der Waals surface area contributed by atoms with E-state index in [2.05, 4.69) is 41.7 Å². The Labute approximate surface area is 399 Å². The highest BCUT2D eigenvalue weighted by Gasteiger charge is 2.29. The first-order valence-corrected chi connectivity index (χ1v) is 21.9. The maximum Gasteiger partial charge on any atom is 0.258 e. The summed E-state index contributed by atoms with van der Waals surface area (Å²) in [4.78, 5) is 78.9. The van der Waals surface area contributed by atoms with E-state index in [-0.39, 0.29) is 68.6 Å². The second-order valence-corrected chi connectivity index (χ2v) is 15.5. The Balaban J connectivity index is 1.33. The van der Waals surface area contributed by atoms with E-state index in [0.29, 0.717) is 23.1 Å². The molecule has 5 rings (SSSR count). The molecule has 0 saturated heterocycles. The number of nitrogens with zero attached hydrogens (tertiary/aromatic N) is 4. The van der Waals surface area contributed by atoms with Gasteiger partial charge in [-0.3, -0.25) is 28.8 Å². The lowest BCUT2D eigenvalue weighted by Crippen LogP contribution is -2.32. The second kappa shape index (κ2) is 24.0. The number of ether oxygens (including phenoxy) is 2. The predicted molar refractivity (Wildman–Crippen MR) is 255 cm³/mol. The monoisotopic (exact) mass is 974 g/mol. The summed E-state index contributed by atoms with van der Waals surface area (Å²) in [5.41, 5.74) is 3.32. The number of hydrogen-bond donors (Lipinski definition) is 4. The molecule has 20 heteroatoms. The van der Waals surface area contributed by atoms with Crippen LogP contribution in [0.5, 0.6) is 11.5 Å². The molecule has 0 radical (unpaired) electrons. The molecule has 0 fully saturated rings. The van der Waals surface area contributed by atoms with Crippen LogP contribution in [0.15, 0.2) is 118 Å². The summed E-state index contributed by atoms with van der Waals surface area (Å²) in [7, 11) is 0. The van der Waals surface area contributed by atoms with Gasteiger partial charge in [-0.25, -0.2) is 0 Å². The van der Waals surface area contributed by atoms with E-state index in [1.165, 1.54) is 48.5 Å².